The minimum atomic E-state index is 0.827. The summed E-state index contributed by atoms with van der Waals surface area (Å²) >= 11 is 0. The second-order valence-electron chi connectivity index (χ2n) is 3.32. The zero-order chi connectivity index (χ0) is 10.4. The Hall–Kier alpha value is -1.50. The first-order valence-electron chi connectivity index (χ1n) is 4.93. The van der Waals surface area contributed by atoms with Crippen LogP contribution in [0.5, 0.6) is 0 Å². The van der Waals surface area contributed by atoms with E-state index >= 15 is 0 Å². The van der Waals surface area contributed by atoms with E-state index in [9.17, 15) is 0 Å². The molecule has 0 aliphatic carbocycles. The predicted molar refractivity (Wildman–Crippen MR) is 62.7 cm³/mol. The first kappa shape index (κ1) is 10.6. The van der Waals surface area contributed by atoms with Gasteiger partial charge in [0, 0.05) is 5.70 Å². The number of allylic oxidation sites excluding steroid dienone is 3. The lowest BCUT2D eigenvalue weighted by Crippen LogP contribution is -1.95. The average molecular weight is 187 g/mol. The lowest BCUT2D eigenvalue weighted by molar-refractivity contribution is 1.20. The Balaban J connectivity index is 2.85. The van der Waals surface area contributed by atoms with Crippen LogP contribution in [0.4, 0.5) is 0 Å². The first-order valence-corrected chi connectivity index (χ1v) is 4.93. The summed E-state index contributed by atoms with van der Waals surface area (Å²) in [5, 5.41) is 0. The van der Waals surface area contributed by atoms with Gasteiger partial charge in [-0.3, -0.25) is 0 Å². The number of hydrogen-bond acceptors (Lipinski definition) is 1. The third-order valence-corrected chi connectivity index (χ3v) is 2.02. The van der Waals surface area contributed by atoms with E-state index in [0.717, 1.165) is 17.7 Å². The molecule has 0 unspecified atom stereocenters. The highest BCUT2D eigenvalue weighted by atomic mass is 14.6. The van der Waals surface area contributed by atoms with Crippen molar-refractivity contribution in [3.8, 4) is 0 Å². The number of hydrogen-bond donors (Lipinski definition) is 1. The zero-order valence-electron chi connectivity index (χ0n) is 8.83. The molecule has 0 bridgehead atoms. The van der Waals surface area contributed by atoms with Gasteiger partial charge in [-0.05, 0) is 25.0 Å². The summed E-state index contributed by atoms with van der Waals surface area (Å²) in [5.74, 6) is 0. The summed E-state index contributed by atoms with van der Waals surface area (Å²) in [6, 6.07) is 10.0. The third kappa shape index (κ3) is 3.09. The smallest absolute Gasteiger partial charge is 0.0390 e. The minimum absolute atomic E-state index is 0.827. The maximum Gasteiger partial charge on any atom is 0.0390 e. The lowest BCUT2D eigenvalue weighted by atomic mass is 10.1. The SMILES string of the molecule is CC/C=C(C)\C=C(/N)c1ccccc1. The van der Waals surface area contributed by atoms with E-state index in [1.165, 1.54) is 5.57 Å². The van der Waals surface area contributed by atoms with Gasteiger partial charge in [-0.25, -0.2) is 0 Å². The molecule has 0 spiro atoms. The Kier molecular flexibility index (Phi) is 3.99. The van der Waals surface area contributed by atoms with Gasteiger partial charge in [-0.1, -0.05) is 48.9 Å². The molecule has 0 aliphatic rings. The quantitative estimate of drug-likeness (QED) is 0.721. The van der Waals surface area contributed by atoms with Gasteiger partial charge in [0.05, 0.1) is 0 Å². The van der Waals surface area contributed by atoms with Crippen molar-refractivity contribution >= 4 is 5.70 Å². The lowest BCUT2D eigenvalue weighted by Gasteiger charge is -2.01. The molecule has 1 aromatic carbocycles. The number of benzene rings is 1. The molecule has 0 amide bonds. The van der Waals surface area contributed by atoms with Crippen molar-refractivity contribution in [1.29, 1.82) is 0 Å². The molecule has 74 valence electrons. The molecule has 1 rings (SSSR count). The predicted octanol–water partition coefficient (Wildman–Crippen LogP) is 3.34. The van der Waals surface area contributed by atoms with Crippen molar-refractivity contribution in [2.45, 2.75) is 20.3 Å². The first-order chi connectivity index (χ1) is 6.74. The van der Waals surface area contributed by atoms with Crippen molar-refractivity contribution in [1.82, 2.24) is 0 Å². The third-order valence-electron chi connectivity index (χ3n) is 2.02. The molecule has 1 nitrogen and oxygen atoms in total. The second kappa shape index (κ2) is 5.28. The molecular formula is C13H17N. The molecule has 0 aliphatic heterocycles. The average Bonchev–Trinajstić information content (AvgIpc) is 2.19. The highest BCUT2D eigenvalue weighted by Gasteiger charge is 1.93. The van der Waals surface area contributed by atoms with Gasteiger partial charge < -0.3 is 5.73 Å². The molecule has 0 aromatic heterocycles. The molecule has 2 N–H and O–H groups in total. The highest BCUT2D eigenvalue weighted by molar-refractivity contribution is 5.64. The van der Waals surface area contributed by atoms with Crippen molar-refractivity contribution < 1.29 is 0 Å². The minimum Gasteiger partial charge on any atom is -0.398 e. The van der Waals surface area contributed by atoms with Crippen LogP contribution in [-0.4, -0.2) is 0 Å². The van der Waals surface area contributed by atoms with Crippen molar-refractivity contribution in [2.24, 2.45) is 5.73 Å². The summed E-state index contributed by atoms with van der Waals surface area (Å²) in [4.78, 5) is 0. The molecule has 0 saturated heterocycles. The monoisotopic (exact) mass is 187 g/mol. The zero-order valence-corrected chi connectivity index (χ0v) is 8.83. The summed E-state index contributed by atoms with van der Waals surface area (Å²) in [7, 11) is 0. The maximum atomic E-state index is 5.95. The molecule has 0 heterocycles. The van der Waals surface area contributed by atoms with Gasteiger partial charge in [0.15, 0.2) is 0 Å². The Labute approximate surface area is 85.9 Å². The highest BCUT2D eigenvalue weighted by Crippen LogP contribution is 2.10. The summed E-state index contributed by atoms with van der Waals surface area (Å²) in [6.45, 7) is 4.19. The Morgan fingerprint density at radius 1 is 1.29 bits per heavy atom. The van der Waals surface area contributed by atoms with Crippen LogP contribution in [0.25, 0.3) is 5.70 Å². The summed E-state index contributed by atoms with van der Waals surface area (Å²) in [5.41, 5.74) is 9.07. The fourth-order valence-corrected chi connectivity index (χ4v) is 1.34. The van der Waals surface area contributed by atoms with Gasteiger partial charge in [-0.15, -0.1) is 0 Å². The van der Waals surface area contributed by atoms with Crippen LogP contribution in [0.1, 0.15) is 25.8 Å². The van der Waals surface area contributed by atoms with Crippen LogP contribution in [0, 0.1) is 0 Å². The maximum absolute atomic E-state index is 5.95. The van der Waals surface area contributed by atoms with Crippen molar-refractivity contribution in [3.05, 3.63) is 53.6 Å². The van der Waals surface area contributed by atoms with E-state index in [2.05, 4.69) is 19.9 Å². The van der Waals surface area contributed by atoms with Crippen LogP contribution in [0.2, 0.25) is 0 Å². The van der Waals surface area contributed by atoms with E-state index in [-0.39, 0.29) is 0 Å². The Bertz CT molecular complexity index is 334. The van der Waals surface area contributed by atoms with Gasteiger partial charge in [0.1, 0.15) is 0 Å². The second-order valence-corrected chi connectivity index (χ2v) is 3.32. The van der Waals surface area contributed by atoms with Crippen molar-refractivity contribution in [3.63, 3.8) is 0 Å². The molecule has 0 fully saturated rings. The van der Waals surface area contributed by atoms with Gasteiger partial charge in [0.25, 0.3) is 0 Å². The van der Waals surface area contributed by atoms with E-state index in [0.29, 0.717) is 0 Å². The largest absolute Gasteiger partial charge is 0.398 e. The fraction of sp³-hybridized carbons (Fsp3) is 0.231. The molecule has 1 heteroatoms. The molecule has 0 atom stereocenters. The molecule has 0 saturated carbocycles. The van der Waals surface area contributed by atoms with E-state index in [1.54, 1.807) is 0 Å². The van der Waals surface area contributed by atoms with Crippen molar-refractivity contribution in [2.75, 3.05) is 0 Å². The van der Waals surface area contributed by atoms with Crippen LogP contribution in [0.3, 0.4) is 0 Å². The number of rotatable bonds is 3. The summed E-state index contributed by atoms with van der Waals surface area (Å²) in [6.07, 6.45) is 5.22. The Morgan fingerprint density at radius 2 is 1.93 bits per heavy atom. The van der Waals surface area contributed by atoms with Crippen LogP contribution < -0.4 is 5.73 Å². The standard InChI is InChI=1S/C13H17N/c1-3-7-11(2)10-13(14)12-8-5-4-6-9-12/h4-10H,3,14H2,1-2H3/b11-7-,13-10-. The van der Waals surface area contributed by atoms with Crippen LogP contribution in [0.15, 0.2) is 48.1 Å². The fourth-order valence-electron chi connectivity index (χ4n) is 1.34. The van der Waals surface area contributed by atoms with E-state index in [4.69, 9.17) is 5.73 Å². The Morgan fingerprint density at radius 3 is 2.50 bits per heavy atom. The van der Waals surface area contributed by atoms with Gasteiger partial charge >= 0.3 is 0 Å². The summed E-state index contributed by atoms with van der Waals surface area (Å²) < 4.78 is 0. The van der Waals surface area contributed by atoms with Crippen LogP contribution >= 0.6 is 0 Å². The molecule has 14 heavy (non-hydrogen) atoms. The van der Waals surface area contributed by atoms with Gasteiger partial charge in [-0.2, -0.15) is 0 Å². The van der Waals surface area contributed by atoms with E-state index < -0.39 is 0 Å². The van der Waals surface area contributed by atoms with Gasteiger partial charge in [0.2, 0.25) is 0 Å². The normalized spacial score (nSPS) is 13.0. The topological polar surface area (TPSA) is 26.0 Å². The molecular weight excluding hydrogens is 170 g/mol. The van der Waals surface area contributed by atoms with E-state index in [1.807, 2.05) is 36.4 Å². The molecule has 0 radical (unpaired) electrons. The number of nitrogens with two attached hydrogens (primary N) is 1. The van der Waals surface area contributed by atoms with Crippen LogP contribution in [-0.2, 0) is 0 Å². The molecule has 1 aromatic rings.